The summed E-state index contributed by atoms with van der Waals surface area (Å²) in [5.41, 5.74) is 4.54. The van der Waals surface area contributed by atoms with Gasteiger partial charge in [0, 0.05) is 34.4 Å². The van der Waals surface area contributed by atoms with Gasteiger partial charge in [-0.05, 0) is 54.9 Å². The average molecular weight is 363 g/mol. The van der Waals surface area contributed by atoms with E-state index >= 15 is 0 Å². The maximum absolute atomic E-state index is 13.2. The topological polar surface area (TPSA) is 17.0 Å². The standard InChI is InChI=1S/C19H16ClFN2.ClH/c20-14-1-6-17-18(13-7-9-22-10-8-13)12-23(19(17)11-14)16-4-2-15(21)3-5-16;/h1-7,11-12,22H,8-10H2;1H. The number of benzene rings is 2. The first kappa shape index (κ1) is 17.0. The van der Waals surface area contributed by atoms with Gasteiger partial charge in [-0.3, -0.25) is 0 Å². The van der Waals surface area contributed by atoms with Gasteiger partial charge >= 0.3 is 0 Å². The Bertz CT molecular complexity index is 898. The van der Waals surface area contributed by atoms with Crippen molar-refractivity contribution in [1.82, 2.24) is 9.88 Å². The summed E-state index contributed by atoms with van der Waals surface area (Å²) < 4.78 is 15.3. The fraction of sp³-hybridized carbons (Fsp3) is 0.158. The molecule has 2 nitrogen and oxygen atoms in total. The maximum Gasteiger partial charge on any atom is 0.123 e. The van der Waals surface area contributed by atoms with E-state index < -0.39 is 0 Å². The summed E-state index contributed by atoms with van der Waals surface area (Å²) >= 11 is 6.20. The predicted octanol–water partition coefficient (Wildman–Crippen LogP) is 5.22. The van der Waals surface area contributed by atoms with Crippen molar-refractivity contribution in [3.8, 4) is 5.69 Å². The third kappa shape index (κ3) is 3.07. The molecule has 0 radical (unpaired) electrons. The number of halogens is 3. The normalized spacial score (nSPS) is 14.3. The molecule has 1 aliphatic rings. The molecular weight excluding hydrogens is 346 g/mol. The number of hydrogen-bond donors (Lipinski definition) is 1. The smallest absolute Gasteiger partial charge is 0.123 e. The van der Waals surface area contributed by atoms with Gasteiger partial charge in [0.2, 0.25) is 0 Å². The SMILES string of the molecule is Cl.Fc1ccc(-n2cc(C3=CCNCC3)c3ccc(Cl)cc32)cc1. The zero-order chi connectivity index (χ0) is 15.8. The molecule has 1 aliphatic heterocycles. The molecule has 0 spiro atoms. The number of fused-ring (bicyclic) bond motifs is 1. The van der Waals surface area contributed by atoms with Gasteiger partial charge in [-0.15, -0.1) is 12.4 Å². The molecule has 2 heterocycles. The lowest BCUT2D eigenvalue weighted by Gasteiger charge is -2.13. The Kier molecular flexibility index (Phi) is 4.95. The minimum atomic E-state index is -0.232. The third-order valence-corrected chi connectivity index (χ3v) is 4.52. The number of nitrogens with zero attached hydrogens (tertiary/aromatic N) is 1. The van der Waals surface area contributed by atoms with Crippen LogP contribution in [0.4, 0.5) is 4.39 Å². The molecule has 0 unspecified atom stereocenters. The average Bonchev–Trinajstić information content (AvgIpc) is 2.95. The van der Waals surface area contributed by atoms with Crippen LogP contribution in [0.15, 0.2) is 54.7 Å². The molecule has 1 aromatic heterocycles. The minimum absolute atomic E-state index is 0. The molecule has 4 rings (SSSR count). The summed E-state index contributed by atoms with van der Waals surface area (Å²) in [7, 11) is 0. The van der Waals surface area contributed by atoms with Gasteiger partial charge in [-0.2, -0.15) is 0 Å². The molecular formula is C19H17Cl2FN2. The van der Waals surface area contributed by atoms with E-state index in [-0.39, 0.29) is 18.2 Å². The third-order valence-electron chi connectivity index (χ3n) is 4.28. The van der Waals surface area contributed by atoms with Gasteiger partial charge in [-0.1, -0.05) is 23.7 Å². The van der Waals surface area contributed by atoms with Crippen LogP contribution in [-0.4, -0.2) is 17.7 Å². The largest absolute Gasteiger partial charge is 0.316 e. The van der Waals surface area contributed by atoms with E-state index in [9.17, 15) is 4.39 Å². The van der Waals surface area contributed by atoms with Crippen molar-refractivity contribution >= 4 is 40.5 Å². The van der Waals surface area contributed by atoms with Crippen LogP contribution in [0.1, 0.15) is 12.0 Å². The Morgan fingerprint density at radius 1 is 1.08 bits per heavy atom. The highest BCUT2D eigenvalue weighted by Gasteiger charge is 2.15. The Balaban J connectivity index is 0.00000169. The molecule has 0 amide bonds. The van der Waals surface area contributed by atoms with Crippen LogP contribution in [0, 0.1) is 5.82 Å². The molecule has 2 aromatic carbocycles. The van der Waals surface area contributed by atoms with Crippen molar-refractivity contribution in [3.63, 3.8) is 0 Å². The molecule has 0 fully saturated rings. The van der Waals surface area contributed by atoms with E-state index in [1.165, 1.54) is 28.7 Å². The highest BCUT2D eigenvalue weighted by molar-refractivity contribution is 6.31. The van der Waals surface area contributed by atoms with Crippen LogP contribution in [0.3, 0.4) is 0 Å². The molecule has 0 bridgehead atoms. The van der Waals surface area contributed by atoms with Crippen LogP contribution in [-0.2, 0) is 0 Å². The van der Waals surface area contributed by atoms with Crippen molar-refractivity contribution in [3.05, 3.63) is 71.1 Å². The van der Waals surface area contributed by atoms with Gasteiger partial charge in [0.05, 0.1) is 5.52 Å². The molecule has 0 atom stereocenters. The lowest BCUT2D eigenvalue weighted by Crippen LogP contribution is -2.19. The second kappa shape index (κ2) is 6.98. The fourth-order valence-corrected chi connectivity index (χ4v) is 3.30. The highest BCUT2D eigenvalue weighted by Crippen LogP contribution is 2.33. The van der Waals surface area contributed by atoms with Crippen molar-refractivity contribution in [1.29, 1.82) is 0 Å². The van der Waals surface area contributed by atoms with Gasteiger partial charge in [0.15, 0.2) is 0 Å². The summed E-state index contributed by atoms with van der Waals surface area (Å²) in [5, 5.41) is 5.21. The zero-order valence-electron chi connectivity index (χ0n) is 12.9. The van der Waals surface area contributed by atoms with Crippen LogP contribution in [0.5, 0.6) is 0 Å². The Labute approximate surface area is 151 Å². The van der Waals surface area contributed by atoms with Gasteiger partial charge in [-0.25, -0.2) is 4.39 Å². The van der Waals surface area contributed by atoms with Gasteiger partial charge < -0.3 is 9.88 Å². The van der Waals surface area contributed by atoms with E-state index in [4.69, 9.17) is 11.6 Å². The first-order chi connectivity index (χ1) is 11.2. The van der Waals surface area contributed by atoms with E-state index in [0.717, 1.165) is 30.7 Å². The Morgan fingerprint density at radius 2 is 1.88 bits per heavy atom. The lowest BCUT2D eigenvalue weighted by molar-refractivity contribution is 0.627. The van der Waals surface area contributed by atoms with Gasteiger partial charge in [0.25, 0.3) is 0 Å². The first-order valence-corrected chi connectivity index (χ1v) is 8.07. The predicted molar refractivity (Wildman–Crippen MR) is 101 cm³/mol. The van der Waals surface area contributed by atoms with Crippen LogP contribution < -0.4 is 5.32 Å². The molecule has 124 valence electrons. The molecule has 0 aliphatic carbocycles. The van der Waals surface area contributed by atoms with E-state index in [1.54, 1.807) is 12.1 Å². The lowest BCUT2D eigenvalue weighted by atomic mass is 10.00. The van der Waals surface area contributed by atoms with Crippen molar-refractivity contribution in [2.75, 3.05) is 13.1 Å². The van der Waals surface area contributed by atoms with Crippen LogP contribution in [0.2, 0.25) is 5.02 Å². The second-order valence-electron chi connectivity index (χ2n) is 5.73. The van der Waals surface area contributed by atoms with E-state index in [2.05, 4.69) is 28.2 Å². The second-order valence-corrected chi connectivity index (χ2v) is 6.17. The molecule has 24 heavy (non-hydrogen) atoms. The maximum atomic E-state index is 13.2. The van der Waals surface area contributed by atoms with Crippen LogP contribution in [0.25, 0.3) is 22.2 Å². The van der Waals surface area contributed by atoms with E-state index in [0.29, 0.717) is 5.02 Å². The Morgan fingerprint density at radius 3 is 2.58 bits per heavy atom. The molecule has 1 N–H and O–H groups in total. The zero-order valence-corrected chi connectivity index (χ0v) is 14.5. The summed E-state index contributed by atoms with van der Waals surface area (Å²) in [6.45, 7) is 1.88. The summed E-state index contributed by atoms with van der Waals surface area (Å²) in [6.07, 6.45) is 5.37. The van der Waals surface area contributed by atoms with Crippen molar-refractivity contribution in [2.45, 2.75) is 6.42 Å². The first-order valence-electron chi connectivity index (χ1n) is 7.69. The van der Waals surface area contributed by atoms with Crippen LogP contribution >= 0.6 is 24.0 Å². The van der Waals surface area contributed by atoms with Gasteiger partial charge in [0.1, 0.15) is 5.82 Å². The van der Waals surface area contributed by atoms with Crippen molar-refractivity contribution < 1.29 is 4.39 Å². The number of rotatable bonds is 2. The van der Waals surface area contributed by atoms with Crippen molar-refractivity contribution in [2.24, 2.45) is 0 Å². The monoisotopic (exact) mass is 362 g/mol. The molecule has 3 aromatic rings. The van der Waals surface area contributed by atoms with E-state index in [1.807, 2.05) is 12.1 Å². The molecule has 0 saturated heterocycles. The quantitative estimate of drug-likeness (QED) is 0.660. The number of nitrogens with one attached hydrogen (secondary N) is 1. The number of hydrogen-bond acceptors (Lipinski definition) is 1. The minimum Gasteiger partial charge on any atom is -0.316 e. The Hall–Kier alpha value is -1.81. The number of aromatic nitrogens is 1. The highest BCUT2D eigenvalue weighted by atomic mass is 35.5. The summed E-state index contributed by atoms with van der Waals surface area (Å²) in [6, 6.07) is 12.5. The molecule has 5 heteroatoms. The summed E-state index contributed by atoms with van der Waals surface area (Å²) in [5.74, 6) is -0.232. The molecule has 0 saturated carbocycles. The summed E-state index contributed by atoms with van der Waals surface area (Å²) in [4.78, 5) is 0. The fourth-order valence-electron chi connectivity index (χ4n) is 3.14.